The Morgan fingerprint density at radius 1 is 1.64 bits per heavy atom. The predicted molar refractivity (Wildman–Crippen MR) is 52.2 cm³/mol. The number of carboxylic acids is 1. The second kappa shape index (κ2) is 3.17. The van der Waals surface area contributed by atoms with E-state index in [1.54, 1.807) is 6.07 Å². The van der Waals surface area contributed by atoms with Crippen LogP contribution in [0, 0.1) is 0 Å². The van der Waals surface area contributed by atoms with Crippen LogP contribution in [-0.2, 0) is 6.42 Å². The molecule has 1 aliphatic heterocycles. The van der Waals surface area contributed by atoms with Gasteiger partial charge in [-0.15, -0.1) is 0 Å². The Labute approximate surface area is 86.3 Å². The molecular weight excluding hydrogens is 204 g/mol. The molecule has 0 bridgehead atoms. The van der Waals surface area contributed by atoms with Crippen LogP contribution in [0.1, 0.15) is 22.8 Å². The predicted octanol–water partition coefficient (Wildman–Crippen LogP) is 2.36. The maximum Gasteiger partial charge on any atom is 0.335 e. The third-order valence-electron chi connectivity index (χ3n) is 2.19. The van der Waals surface area contributed by atoms with E-state index < -0.39 is 5.97 Å². The highest BCUT2D eigenvalue weighted by Gasteiger charge is 2.23. The van der Waals surface area contributed by atoms with E-state index in [1.165, 1.54) is 6.07 Å². The molecule has 0 unspecified atom stereocenters. The van der Waals surface area contributed by atoms with Crippen LogP contribution in [0.3, 0.4) is 0 Å². The summed E-state index contributed by atoms with van der Waals surface area (Å²) >= 11 is 5.90. The Bertz CT molecular complexity index is 401. The number of hydrogen-bond donors (Lipinski definition) is 1. The third-order valence-corrected chi connectivity index (χ3v) is 2.47. The first-order valence-corrected chi connectivity index (χ1v) is 4.68. The van der Waals surface area contributed by atoms with Gasteiger partial charge in [-0.05, 0) is 19.1 Å². The Hall–Kier alpha value is -1.22. The molecule has 1 aromatic carbocycles. The Balaban J connectivity index is 2.51. The summed E-state index contributed by atoms with van der Waals surface area (Å²) in [6.45, 7) is 1.93. The van der Waals surface area contributed by atoms with Gasteiger partial charge in [-0.25, -0.2) is 4.79 Å². The number of rotatable bonds is 1. The number of benzene rings is 1. The average molecular weight is 213 g/mol. The standard InChI is InChI=1S/C10H9ClO3/c1-5-2-6-3-7(10(12)13)4-8(11)9(6)14-5/h3-5H,2H2,1H3,(H,12,13)/t5-/m1/s1. The van der Waals surface area contributed by atoms with E-state index in [0.29, 0.717) is 10.8 Å². The first kappa shape index (κ1) is 9.34. The van der Waals surface area contributed by atoms with Crippen molar-refractivity contribution in [1.29, 1.82) is 0 Å². The monoisotopic (exact) mass is 212 g/mol. The number of ether oxygens (including phenoxy) is 1. The summed E-state index contributed by atoms with van der Waals surface area (Å²) in [5.74, 6) is -0.335. The SMILES string of the molecule is C[C@@H]1Cc2cc(C(=O)O)cc(Cl)c2O1. The Morgan fingerprint density at radius 3 is 3.00 bits per heavy atom. The van der Waals surface area contributed by atoms with E-state index in [4.69, 9.17) is 21.4 Å². The van der Waals surface area contributed by atoms with Crippen molar-refractivity contribution in [3.63, 3.8) is 0 Å². The summed E-state index contributed by atoms with van der Waals surface area (Å²) in [6, 6.07) is 3.04. The summed E-state index contributed by atoms with van der Waals surface area (Å²) in [7, 11) is 0. The first-order valence-electron chi connectivity index (χ1n) is 4.30. The minimum atomic E-state index is -0.964. The average Bonchev–Trinajstić information content (AvgIpc) is 2.45. The van der Waals surface area contributed by atoms with Gasteiger partial charge in [0.25, 0.3) is 0 Å². The van der Waals surface area contributed by atoms with Crippen molar-refractivity contribution in [3.8, 4) is 5.75 Å². The highest BCUT2D eigenvalue weighted by Crippen LogP contribution is 2.36. The quantitative estimate of drug-likeness (QED) is 0.778. The van der Waals surface area contributed by atoms with Gasteiger partial charge in [-0.2, -0.15) is 0 Å². The lowest BCUT2D eigenvalue weighted by Crippen LogP contribution is -2.05. The maximum absolute atomic E-state index is 10.7. The van der Waals surface area contributed by atoms with Crippen LogP contribution in [0.4, 0.5) is 0 Å². The highest BCUT2D eigenvalue weighted by atomic mass is 35.5. The molecule has 0 aliphatic carbocycles. The van der Waals surface area contributed by atoms with E-state index in [1.807, 2.05) is 6.92 Å². The van der Waals surface area contributed by atoms with Crippen molar-refractivity contribution >= 4 is 17.6 Å². The van der Waals surface area contributed by atoms with Gasteiger partial charge in [0.05, 0.1) is 10.6 Å². The van der Waals surface area contributed by atoms with Crippen LogP contribution >= 0.6 is 11.6 Å². The second-order valence-corrected chi connectivity index (χ2v) is 3.79. The van der Waals surface area contributed by atoms with E-state index in [0.717, 1.165) is 12.0 Å². The molecular formula is C10H9ClO3. The van der Waals surface area contributed by atoms with Crippen LogP contribution in [0.15, 0.2) is 12.1 Å². The van der Waals surface area contributed by atoms with Crippen LogP contribution in [0.5, 0.6) is 5.75 Å². The largest absolute Gasteiger partial charge is 0.489 e. The minimum absolute atomic E-state index is 0.0755. The van der Waals surface area contributed by atoms with E-state index in [-0.39, 0.29) is 11.7 Å². The number of carbonyl (C=O) groups is 1. The molecule has 1 aliphatic rings. The number of aromatic carboxylic acids is 1. The first-order chi connectivity index (χ1) is 6.58. The van der Waals surface area contributed by atoms with Crippen molar-refractivity contribution in [2.75, 3.05) is 0 Å². The molecule has 1 N–H and O–H groups in total. The summed E-state index contributed by atoms with van der Waals surface area (Å²) in [4.78, 5) is 10.7. The summed E-state index contributed by atoms with van der Waals surface area (Å²) in [5, 5.41) is 9.19. The van der Waals surface area contributed by atoms with Gasteiger partial charge in [-0.3, -0.25) is 0 Å². The molecule has 0 fully saturated rings. The fraction of sp³-hybridized carbons (Fsp3) is 0.300. The zero-order valence-electron chi connectivity index (χ0n) is 7.58. The summed E-state index contributed by atoms with van der Waals surface area (Å²) in [5.41, 5.74) is 1.09. The molecule has 0 radical (unpaired) electrons. The molecule has 1 heterocycles. The fourth-order valence-corrected chi connectivity index (χ4v) is 1.89. The van der Waals surface area contributed by atoms with Crippen LogP contribution in [-0.4, -0.2) is 17.2 Å². The molecule has 0 saturated carbocycles. The zero-order valence-corrected chi connectivity index (χ0v) is 8.34. The molecule has 1 atom stereocenters. The molecule has 4 heteroatoms. The van der Waals surface area contributed by atoms with E-state index in [9.17, 15) is 4.79 Å². The van der Waals surface area contributed by atoms with Gasteiger partial charge in [0.15, 0.2) is 0 Å². The topological polar surface area (TPSA) is 46.5 Å². The van der Waals surface area contributed by atoms with Crippen molar-refractivity contribution in [2.24, 2.45) is 0 Å². The molecule has 14 heavy (non-hydrogen) atoms. The zero-order chi connectivity index (χ0) is 10.3. The highest BCUT2D eigenvalue weighted by molar-refractivity contribution is 6.32. The Morgan fingerprint density at radius 2 is 2.36 bits per heavy atom. The van der Waals surface area contributed by atoms with Crippen molar-refractivity contribution < 1.29 is 14.6 Å². The third kappa shape index (κ3) is 1.44. The van der Waals surface area contributed by atoms with Crippen LogP contribution in [0.2, 0.25) is 5.02 Å². The number of carboxylic acid groups (broad SMARTS) is 1. The van der Waals surface area contributed by atoms with Gasteiger partial charge < -0.3 is 9.84 Å². The Kier molecular flexibility index (Phi) is 2.11. The smallest absolute Gasteiger partial charge is 0.335 e. The van der Waals surface area contributed by atoms with E-state index in [2.05, 4.69) is 0 Å². The minimum Gasteiger partial charge on any atom is -0.489 e. The van der Waals surface area contributed by atoms with Gasteiger partial charge in [0.2, 0.25) is 0 Å². The number of hydrogen-bond acceptors (Lipinski definition) is 2. The molecule has 1 aromatic rings. The number of halogens is 1. The van der Waals surface area contributed by atoms with Gasteiger partial charge >= 0.3 is 5.97 Å². The lowest BCUT2D eigenvalue weighted by atomic mass is 10.1. The van der Waals surface area contributed by atoms with Crippen LogP contribution in [0.25, 0.3) is 0 Å². The fourth-order valence-electron chi connectivity index (χ4n) is 1.61. The van der Waals surface area contributed by atoms with Crippen molar-refractivity contribution in [3.05, 3.63) is 28.3 Å². The molecule has 0 aromatic heterocycles. The number of fused-ring (bicyclic) bond motifs is 1. The van der Waals surface area contributed by atoms with Gasteiger partial charge in [0.1, 0.15) is 11.9 Å². The van der Waals surface area contributed by atoms with Gasteiger partial charge in [-0.1, -0.05) is 11.6 Å². The van der Waals surface area contributed by atoms with Crippen molar-refractivity contribution in [2.45, 2.75) is 19.4 Å². The lowest BCUT2D eigenvalue weighted by Gasteiger charge is -2.04. The maximum atomic E-state index is 10.7. The van der Waals surface area contributed by atoms with Gasteiger partial charge in [0, 0.05) is 12.0 Å². The molecule has 3 nitrogen and oxygen atoms in total. The normalized spacial score (nSPS) is 18.9. The molecule has 0 amide bonds. The molecule has 74 valence electrons. The van der Waals surface area contributed by atoms with Crippen molar-refractivity contribution in [1.82, 2.24) is 0 Å². The lowest BCUT2D eigenvalue weighted by molar-refractivity contribution is 0.0697. The molecule has 2 rings (SSSR count). The second-order valence-electron chi connectivity index (χ2n) is 3.38. The summed E-state index contributed by atoms with van der Waals surface area (Å²) < 4.78 is 5.45. The summed E-state index contributed by atoms with van der Waals surface area (Å²) in [6.07, 6.45) is 0.794. The van der Waals surface area contributed by atoms with Crippen LogP contribution < -0.4 is 4.74 Å². The van der Waals surface area contributed by atoms with E-state index >= 15 is 0 Å². The molecule has 0 saturated heterocycles. The molecule has 0 spiro atoms.